The van der Waals surface area contributed by atoms with Crippen LogP contribution in [0, 0.1) is 6.92 Å². The molecule has 0 bridgehead atoms. The van der Waals surface area contributed by atoms with Crippen LogP contribution in [0.25, 0.3) is 33.2 Å². The minimum atomic E-state index is -4.30. The second-order valence-electron chi connectivity index (χ2n) is 9.98. The molecule has 0 fully saturated rings. The van der Waals surface area contributed by atoms with Gasteiger partial charge in [0.05, 0.1) is 39.6 Å². The highest BCUT2D eigenvalue weighted by Gasteiger charge is 2.31. The molecular formula is C28H28F3N5O. The molecule has 37 heavy (non-hydrogen) atoms. The van der Waals surface area contributed by atoms with Crippen LogP contribution in [0.4, 0.5) is 13.2 Å². The Morgan fingerprint density at radius 3 is 2.35 bits per heavy atom. The summed E-state index contributed by atoms with van der Waals surface area (Å²) in [4.78, 5) is 4.68. The molecule has 6 nitrogen and oxygen atoms in total. The Hall–Kier alpha value is -3.72. The van der Waals surface area contributed by atoms with Gasteiger partial charge in [-0.05, 0) is 51.0 Å². The molecule has 0 amide bonds. The van der Waals surface area contributed by atoms with E-state index in [-0.39, 0.29) is 6.42 Å². The zero-order valence-corrected chi connectivity index (χ0v) is 21.1. The lowest BCUT2D eigenvalue weighted by atomic mass is 9.99. The fraction of sp³-hybridized carbons (Fsp3) is 0.321. The van der Waals surface area contributed by atoms with Gasteiger partial charge in [-0.1, -0.05) is 41.6 Å². The number of fused-ring (bicyclic) bond motifs is 3. The Morgan fingerprint density at radius 2 is 1.73 bits per heavy atom. The van der Waals surface area contributed by atoms with Crippen LogP contribution in [0.5, 0.6) is 0 Å². The quantitative estimate of drug-likeness (QED) is 0.287. The van der Waals surface area contributed by atoms with Crippen LogP contribution in [-0.2, 0) is 12.6 Å². The zero-order chi connectivity index (χ0) is 26.5. The van der Waals surface area contributed by atoms with Gasteiger partial charge in [-0.15, -0.1) is 5.10 Å². The number of aryl methyl sites for hydroxylation is 2. The van der Waals surface area contributed by atoms with E-state index in [1.807, 2.05) is 73.1 Å². The number of aromatic nitrogens is 5. The lowest BCUT2D eigenvalue weighted by Gasteiger charge is -2.24. The fourth-order valence-electron chi connectivity index (χ4n) is 5.00. The Labute approximate surface area is 212 Å². The van der Waals surface area contributed by atoms with E-state index in [0.717, 1.165) is 33.4 Å². The third-order valence-electron chi connectivity index (χ3n) is 6.81. The first-order chi connectivity index (χ1) is 17.4. The highest BCUT2D eigenvalue weighted by atomic mass is 19.4. The van der Waals surface area contributed by atoms with Gasteiger partial charge < -0.3 is 9.67 Å². The number of hydrogen-bond acceptors (Lipinski definition) is 4. The van der Waals surface area contributed by atoms with Gasteiger partial charge in [0.1, 0.15) is 0 Å². The molecular weight excluding hydrogens is 479 g/mol. The highest BCUT2D eigenvalue weighted by molar-refractivity contribution is 6.07. The second-order valence-corrected chi connectivity index (χ2v) is 9.98. The molecule has 0 radical (unpaired) electrons. The lowest BCUT2D eigenvalue weighted by molar-refractivity contribution is -0.136. The number of aliphatic hydroxyl groups is 1. The van der Waals surface area contributed by atoms with E-state index in [2.05, 4.69) is 15.3 Å². The lowest BCUT2D eigenvalue weighted by Crippen LogP contribution is -2.17. The number of nitrogens with zero attached hydrogens (tertiary/aromatic N) is 5. The summed E-state index contributed by atoms with van der Waals surface area (Å²) in [6, 6.07) is 16.3. The monoisotopic (exact) mass is 507 g/mol. The van der Waals surface area contributed by atoms with Crippen molar-refractivity contribution in [1.82, 2.24) is 24.5 Å². The van der Waals surface area contributed by atoms with Crippen molar-refractivity contribution >= 4 is 21.9 Å². The fourth-order valence-corrected chi connectivity index (χ4v) is 5.00. The third kappa shape index (κ3) is 4.71. The average molecular weight is 508 g/mol. The molecule has 9 heteroatoms. The minimum absolute atomic E-state index is 0.143. The average Bonchev–Trinajstić information content (AvgIpc) is 3.34. The molecule has 0 aliphatic carbocycles. The molecule has 0 saturated carbocycles. The normalized spacial score (nSPS) is 13.5. The van der Waals surface area contributed by atoms with E-state index in [4.69, 9.17) is 0 Å². The van der Waals surface area contributed by atoms with Crippen LogP contribution in [0.1, 0.15) is 49.6 Å². The molecule has 3 aromatic heterocycles. The summed E-state index contributed by atoms with van der Waals surface area (Å²) in [5, 5.41) is 19.8. The summed E-state index contributed by atoms with van der Waals surface area (Å²) in [6.07, 6.45) is -3.75. The maximum atomic E-state index is 13.5. The van der Waals surface area contributed by atoms with Crippen LogP contribution in [0.15, 0.2) is 60.8 Å². The summed E-state index contributed by atoms with van der Waals surface area (Å²) in [7, 11) is 1.81. The molecule has 1 N–H and O–H groups in total. The molecule has 1 atom stereocenters. The number of hydrogen-bond donors (Lipinski definition) is 1. The smallest absolute Gasteiger partial charge is 0.386 e. The van der Waals surface area contributed by atoms with E-state index in [1.54, 1.807) is 24.7 Å². The molecule has 3 heterocycles. The molecule has 5 rings (SSSR count). The Bertz CT molecular complexity index is 1560. The summed E-state index contributed by atoms with van der Waals surface area (Å²) in [5.74, 6) is 0. The minimum Gasteiger partial charge on any atom is -0.386 e. The van der Waals surface area contributed by atoms with Gasteiger partial charge >= 0.3 is 6.18 Å². The maximum Gasteiger partial charge on any atom is 0.389 e. The van der Waals surface area contributed by atoms with Crippen LogP contribution in [0.3, 0.4) is 0 Å². The van der Waals surface area contributed by atoms with Crippen LogP contribution in [0.2, 0.25) is 0 Å². The van der Waals surface area contributed by atoms with Gasteiger partial charge in [0, 0.05) is 36.2 Å². The number of pyridine rings is 1. The second kappa shape index (κ2) is 8.99. The largest absolute Gasteiger partial charge is 0.389 e. The number of benzene rings is 2. The molecule has 0 aliphatic rings. The number of alkyl halides is 3. The summed E-state index contributed by atoms with van der Waals surface area (Å²) >= 11 is 0. The Morgan fingerprint density at radius 1 is 1.00 bits per heavy atom. The van der Waals surface area contributed by atoms with Crippen molar-refractivity contribution in [2.24, 2.45) is 7.05 Å². The van der Waals surface area contributed by atoms with Crippen molar-refractivity contribution in [3.8, 4) is 11.3 Å². The van der Waals surface area contributed by atoms with Gasteiger partial charge in [0.2, 0.25) is 0 Å². The first kappa shape index (κ1) is 25.0. The third-order valence-corrected chi connectivity index (χ3v) is 6.81. The maximum absolute atomic E-state index is 13.5. The topological polar surface area (TPSA) is 68.8 Å². The van der Waals surface area contributed by atoms with Crippen molar-refractivity contribution in [2.75, 3.05) is 0 Å². The van der Waals surface area contributed by atoms with Crippen molar-refractivity contribution in [2.45, 2.75) is 51.4 Å². The Balaban J connectivity index is 1.84. The van der Waals surface area contributed by atoms with Crippen LogP contribution >= 0.6 is 0 Å². The Kier molecular flexibility index (Phi) is 6.06. The predicted molar refractivity (Wildman–Crippen MR) is 137 cm³/mol. The molecule has 0 spiro atoms. The number of halogens is 3. The molecule has 1 unspecified atom stereocenters. The van der Waals surface area contributed by atoms with Crippen molar-refractivity contribution in [3.05, 3.63) is 77.6 Å². The van der Waals surface area contributed by atoms with E-state index in [0.29, 0.717) is 16.6 Å². The highest BCUT2D eigenvalue weighted by Crippen LogP contribution is 2.40. The SMILES string of the molecule is Cc1nnn(C)c1-c1ccc2c3ncc(C(C)(C)O)cc3n(C(CCC(F)(F)F)c3ccccc3)c2c1. The first-order valence-corrected chi connectivity index (χ1v) is 12.1. The summed E-state index contributed by atoms with van der Waals surface area (Å²) < 4.78 is 44.1. The molecule has 5 aromatic rings. The van der Waals surface area contributed by atoms with Crippen molar-refractivity contribution in [3.63, 3.8) is 0 Å². The summed E-state index contributed by atoms with van der Waals surface area (Å²) in [6.45, 7) is 5.20. The standard InChI is InChI=1S/C28H28F3N5O/c1-17-26(35(4)34-33-17)19-10-11-21-23(14-19)36(24-15-20(27(2,3)37)16-32-25(21)24)22(12-13-28(29,30)31)18-8-6-5-7-9-18/h5-11,14-16,22,37H,12-13H2,1-4H3. The van der Waals surface area contributed by atoms with E-state index < -0.39 is 24.2 Å². The van der Waals surface area contributed by atoms with Gasteiger partial charge in [0.15, 0.2) is 0 Å². The zero-order valence-electron chi connectivity index (χ0n) is 21.1. The van der Waals surface area contributed by atoms with Gasteiger partial charge in [0.25, 0.3) is 0 Å². The molecule has 2 aromatic carbocycles. The van der Waals surface area contributed by atoms with Gasteiger partial charge in [-0.25, -0.2) is 4.68 Å². The predicted octanol–water partition coefficient (Wildman–Crippen LogP) is 6.45. The van der Waals surface area contributed by atoms with Gasteiger partial charge in [-0.2, -0.15) is 13.2 Å². The van der Waals surface area contributed by atoms with E-state index >= 15 is 0 Å². The van der Waals surface area contributed by atoms with Crippen LogP contribution < -0.4 is 0 Å². The van der Waals surface area contributed by atoms with Crippen molar-refractivity contribution in [1.29, 1.82) is 0 Å². The number of rotatable bonds is 6. The van der Waals surface area contributed by atoms with Gasteiger partial charge in [-0.3, -0.25) is 4.98 Å². The van der Waals surface area contributed by atoms with Crippen molar-refractivity contribution < 1.29 is 18.3 Å². The molecule has 0 saturated heterocycles. The first-order valence-electron chi connectivity index (χ1n) is 12.1. The molecule has 0 aliphatic heterocycles. The van der Waals surface area contributed by atoms with Crippen LogP contribution in [-0.4, -0.2) is 35.8 Å². The summed E-state index contributed by atoms with van der Waals surface area (Å²) in [5.41, 5.74) is 4.71. The molecule has 192 valence electrons. The van der Waals surface area contributed by atoms with E-state index in [1.165, 1.54) is 0 Å². The van der Waals surface area contributed by atoms with E-state index in [9.17, 15) is 18.3 Å².